The fourth-order valence-corrected chi connectivity index (χ4v) is 3.69. The van der Waals surface area contributed by atoms with Crippen LogP contribution in [0.25, 0.3) is 6.08 Å². The predicted molar refractivity (Wildman–Crippen MR) is 141 cm³/mol. The Labute approximate surface area is 219 Å². The van der Waals surface area contributed by atoms with E-state index in [9.17, 15) is 14.4 Å². The molecule has 0 unspecified atom stereocenters. The third-order valence-electron chi connectivity index (χ3n) is 4.99. The van der Waals surface area contributed by atoms with Crippen molar-refractivity contribution >= 4 is 40.9 Å². The van der Waals surface area contributed by atoms with E-state index in [1.54, 1.807) is 48.5 Å². The smallest absolute Gasteiger partial charge is 0.266 e. The number of carbonyl (C=O) groups is 1. The zero-order valence-corrected chi connectivity index (χ0v) is 21.0. The molecule has 5 nitrogen and oxygen atoms in total. The van der Waals surface area contributed by atoms with Crippen LogP contribution in [0.5, 0.6) is 11.5 Å². The molecule has 0 heterocycles. The van der Waals surface area contributed by atoms with Crippen molar-refractivity contribution < 1.29 is 18.7 Å². The quantitative estimate of drug-likeness (QED) is 0.170. The summed E-state index contributed by atoms with van der Waals surface area (Å²) in [6, 6.07) is 16.2. The van der Waals surface area contributed by atoms with E-state index in [4.69, 9.17) is 32.7 Å². The van der Waals surface area contributed by atoms with Gasteiger partial charge in [0.2, 0.25) is 0 Å². The first-order valence-electron chi connectivity index (χ1n) is 11.0. The fourth-order valence-electron chi connectivity index (χ4n) is 3.34. The van der Waals surface area contributed by atoms with Crippen LogP contribution in [-0.4, -0.2) is 12.5 Å². The van der Waals surface area contributed by atoms with Gasteiger partial charge in [0.25, 0.3) is 5.91 Å². The Balaban J connectivity index is 1.94. The third-order valence-corrected chi connectivity index (χ3v) is 5.81. The van der Waals surface area contributed by atoms with E-state index in [-0.39, 0.29) is 28.0 Å². The predicted octanol–water partition coefficient (Wildman–Crippen LogP) is 7.38. The Bertz CT molecular complexity index is 1330. The van der Waals surface area contributed by atoms with Crippen molar-refractivity contribution in [2.24, 2.45) is 0 Å². The minimum atomic E-state index is -0.637. The van der Waals surface area contributed by atoms with Crippen LogP contribution in [0, 0.1) is 17.1 Å². The van der Waals surface area contributed by atoms with Crippen LogP contribution in [0.1, 0.15) is 23.6 Å². The SMILES string of the molecule is C=CCc1cc(/C=C(/C#N)C(=O)Nc2cccc(Cl)c2Cl)cc(OCC)c1OCc1ccc(F)cc1. The summed E-state index contributed by atoms with van der Waals surface area (Å²) in [5.74, 6) is -0.0126. The Morgan fingerprint density at radius 3 is 2.58 bits per heavy atom. The molecule has 3 aromatic rings. The zero-order valence-electron chi connectivity index (χ0n) is 19.5. The van der Waals surface area contributed by atoms with Gasteiger partial charge in [0.1, 0.15) is 24.1 Å². The molecule has 184 valence electrons. The minimum Gasteiger partial charge on any atom is -0.490 e. The first-order valence-corrected chi connectivity index (χ1v) is 11.8. The number of hydrogen-bond donors (Lipinski definition) is 1. The van der Waals surface area contributed by atoms with Gasteiger partial charge >= 0.3 is 0 Å². The average Bonchev–Trinajstić information content (AvgIpc) is 2.86. The highest BCUT2D eigenvalue weighted by atomic mass is 35.5. The molecule has 1 N–H and O–H groups in total. The molecule has 0 bridgehead atoms. The molecule has 3 rings (SSSR count). The first-order chi connectivity index (χ1) is 17.4. The Morgan fingerprint density at radius 1 is 1.17 bits per heavy atom. The van der Waals surface area contributed by atoms with Gasteiger partial charge in [0, 0.05) is 5.56 Å². The number of amides is 1. The lowest BCUT2D eigenvalue weighted by Crippen LogP contribution is -2.13. The molecule has 0 fully saturated rings. The molecule has 0 saturated heterocycles. The number of benzene rings is 3. The van der Waals surface area contributed by atoms with Crippen LogP contribution in [0.2, 0.25) is 10.0 Å². The molecule has 0 atom stereocenters. The Hall–Kier alpha value is -3.79. The Kier molecular flexibility index (Phi) is 9.52. The fraction of sp³-hybridized carbons (Fsp3) is 0.143. The van der Waals surface area contributed by atoms with E-state index >= 15 is 0 Å². The molecule has 0 saturated carbocycles. The molecule has 8 heteroatoms. The van der Waals surface area contributed by atoms with Crippen molar-refractivity contribution in [2.75, 3.05) is 11.9 Å². The highest BCUT2D eigenvalue weighted by Gasteiger charge is 2.16. The van der Waals surface area contributed by atoms with E-state index in [2.05, 4.69) is 11.9 Å². The van der Waals surface area contributed by atoms with Crippen LogP contribution in [-0.2, 0) is 17.8 Å². The molecule has 0 aliphatic rings. The largest absolute Gasteiger partial charge is 0.490 e. The summed E-state index contributed by atoms with van der Waals surface area (Å²) in [5.41, 5.74) is 2.25. The van der Waals surface area contributed by atoms with Gasteiger partial charge in [0.05, 0.1) is 22.3 Å². The number of carbonyl (C=O) groups excluding carboxylic acids is 1. The second-order valence-electron chi connectivity index (χ2n) is 7.57. The third kappa shape index (κ3) is 6.88. The highest BCUT2D eigenvalue weighted by molar-refractivity contribution is 6.44. The maximum absolute atomic E-state index is 13.2. The summed E-state index contributed by atoms with van der Waals surface area (Å²) in [6.07, 6.45) is 3.61. The van der Waals surface area contributed by atoms with Crippen molar-refractivity contribution in [3.63, 3.8) is 0 Å². The van der Waals surface area contributed by atoms with E-state index in [0.29, 0.717) is 35.8 Å². The summed E-state index contributed by atoms with van der Waals surface area (Å²) in [4.78, 5) is 12.8. The summed E-state index contributed by atoms with van der Waals surface area (Å²) in [7, 11) is 0. The van der Waals surface area contributed by atoms with E-state index in [0.717, 1.165) is 11.1 Å². The van der Waals surface area contributed by atoms with Gasteiger partial charge in [-0.05, 0) is 66.9 Å². The zero-order chi connectivity index (χ0) is 26.1. The van der Waals surface area contributed by atoms with Gasteiger partial charge in [-0.15, -0.1) is 6.58 Å². The topological polar surface area (TPSA) is 71.4 Å². The number of rotatable bonds is 10. The van der Waals surface area contributed by atoms with Crippen LogP contribution < -0.4 is 14.8 Å². The second kappa shape index (κ2) is 12.8. The minimum absolute atomic E-state index is 0.141. The lowest BCUT2D eigenvalue weighted by Gasteiger charge is -2.17. The van der Waals surface area contributed by atoms with Crippen molar-refractivity contribution in [3.8, 4) is 17.6 Å². The maximum atomic E-state index is 13.2. The van der Waals surface area contributed by atoms with Gasteiger partial charge in [-0.2, -0.15) is 5.26 Å². The molecule has 1 amide bonds. The van der Waals surface area contributed by atoms with Gasteiger partial charge in [-0.1, -0.05) is 47.5 Å². The van der Waals surface area contributed by atoms with Gasteiger partial charge in [-0.25, -0.2) is 4.39 Å². The summed E-state index contributed by atoms with van der Waals surface area (Å²) < 4.78 is 25.1. The van der Waals surface area contributed by atoms with Crippen LogP contribution in [0.4, 0.5) is 10.1 Å². The summed E-state index contributed by atoms with van der Waals surface area (Å²) in [6.45, 7) is 6.21. The maximum Gasteiger partial charge on any atom is 0.266 e. The molecular weight excluding hydrogens is 502 g/mol. The average molecular weight is 525 g/mol. The first kappa shape index (κ1) is 26.8. The number of hydrogen-bond acceptors (Lipinski definition) is 4. The van der Waals surface area contributed by atoms with E-state index in [1.165, 1.54) is 18.2 Å². The van der Waals surface area contributed by atoms with E-state index in [1.807, 2.05) is 13.0 Å². The molecule has 0 radical (unpaired) electrons. The molecule has 0 aromatic heterocycles. The Morgan fingerprint density at radius 2 is 1.92 bits per heavy atom. The second-order valence-corrected chi connectivity index (χ2v) is 8.36. The summed E-state index contributed by atoms with van der Waals surface area (Å²) >= 11 is 12.2. The lowest BCUT2D eigenvalue weighted by molar-refractivity contribution is -0.112. The number of allylic oxidation sites excluding steroid dienone is 1. The van der Waals surface area contributed by atoms with Crippen molar-refractivity contribution in [3.05, 3.63) is 105 Å². The van der Waals surface area contributed by atoms with Crippen LogP contribution in [0.15, 0.2) is 72.8 Å². The number of ether oxygens (including phenoxy) is 2. The number of nitrogens with zero attached hydrogens (tertiary/aromatic N) is 1. The van der Waals surface area contributed by atoms with Gasteiger partial charge < -0.3 is 14.8 Å². The lowest BCUT2D eigenvalue weighted by atomic mass is 10.0. The van der Waals surface area contributed by atoms with Gasteiger partial charge in [0.15, 0.2) is 11.5 Å². The molecule has 3 aromatic carbocycles. The number of nitriles is 1. The number of halogens is 3. The monoisotopic (exact) mass is 524 g/mol. The number of anilines is 1. The van der Waals surface area contributed by atoms with Crippen molar-refractivity contribution in [1.82, 2.24) is 0 Å². The summed E-state index contributed by atoms with van der Waals surface area (Å²) in [5, 5.41) is 12.7. The van der Waals surface area contributed by atoms with Crippen LogP contribution >= 0.6 is 23.2 Å². The molecule has 0 aliphatic carbocycles. The standard InChI is InChI=1S/C28H23Cl2FN2O3/c1-3-6-20-13-19(14-21(16-32)28(34)33-24-8-5-7-23(29)26(24)30)15-25(35-4-2)27(20)36-17-18-9-11-22(31)12-10-18/h3,5,7-15H,1,4,6,17H2,2H3,(H,33,34)/b21-14-. The normalized spacial score (nSPS) is 10.9. The molecular formula is C28H23Cl2FN2O3. The van der Waals surface area contributed by atoms with Gasteiger partial charge in [-0.3, -0.25) is 4.79 Å². The van der Waals surface area contributed by atoms with Crippen LogP contribution in [0.3, 0.4) is 0 Å². The number of nitrogens with one attached hydrogen (secondary N) is 1. The van der Waals surface area contributed by atoms with Crippen molar-refractivity contribution in [1.29, 1.82) is 5.26 Å². The highest BCUT2D eigenvalue weighted by Crippen LogP contribution is 2.35. The molecule has 0 aliphatic heterocycles. The van der Waals surface area contributed by atoms with E-state index < -0.39 is 5.91 Å². The molecule has 36 heavy (non-hydrogen) atoms. The van der Waals surface area contributed by atoms with Crippen molar-refractivity contribution in [2.45, 2.75) is 20.0 Å². The molecule has 0 spiro atoms.